The zero-order valence-corrected chi connectivity index (χ0v) is 8.99. The first-order valence-electron chi connectivity index (χ1n) is 5.35. The predicted octanol–water partition coefficient (Wildman–Crippen LogP) is -0.249. The van der Waals surface area contributed by atoms with E-state index in [0.29, 0.717) is 13.2 Å². The molecule has 0 aromatic carbocycles. The van der Waals surface area contributed by atoms with Crippen molar-refractivity contribution in [1.82, 2.24) is 20.5 Å². The van der Waals surface area contributed by atoms with E-state index in [1.54, 1.807) is 0 Å². The van der Waals surface area contributed by atoms with Crippen molar-refractivity contribution in [3.05, 3.63) is 5.82 Å². The van der Waals surface area contributed by atoms with Gasteiger partial charge in [-0.1, -0.05) is 0 Å². The Kier molecular flexibility index (Phi) is 3.52. The molecule has 1 aliphatic rings. The molecule has 0 spiro atoms. The van der Waals surface area contributed by atoms with Crippen LogP contribution < -0.4 is 10.2 Å². The van der Waals surface area contributed by atoms with Gasteiger partial charge >= 0.3 is 0 Å². The fourth-order valence-corrected chi connectivity index (χ4v) is 1.55. The molecule has 1 fully saturated rings. The summed E-state index contributed by atoms with van der Waals surface area (Å²) in [6, 6.07) is 0. The van der Waals surface area contributed by atoms with Gasteiger partial charge < -0.3 is 15.0 Å². The Balaban J connectivity index is 1.93. The first-order valence-corrected chi connectivity index (χ1v) is 5.35. The lowest BCUT2D eigenvalue weighted by atomic mass is 10.4. The van der Waals surface area contributed by atoms with E-state index in [9.17, 15) is 0 Å². The van der Waals surface area contributed by atoms with E-state index < -0.39 is 0 Å². The molecule has 0 atom stereocenters. The second kappa shape index (κ2) is 5.09. The van der Waals surface area contributed by atoms with Crippen LogP contribution in [-0.2, 0) is 11.3 Å². The van der Waals surface area contributed by atoms with E-state index in [4.69, 9.17) is 4.74 Å². The Bertz CT molecular complexity index is 294. The quantitative estimate of drug-likeness (QED) is 0.719. The van der Waals surface area contributed by atoms with Crippen LogP contribution in [0.15, 0.2) is 0 Å². The van der Waals surface area contributed by atoms with Crippen LogP contribution in [0.2, 0.25) is 0 Å². The Morgan fingerprint density at radius 1 is 1.40 bits per heavy atom. The molecule has 0 saturated carbocycles. The minimum absolute atomic E-state index is 0.510. The molecule has 0 amide bonds. The summed E-state index contributed by atoms with van der Waals surface area (Å²) in [7, 11) is 0. The smallest absolute Gasteiger partial charge is 0.244 e. The molecular weight excluding hydrogens is 194 g/mol. The van der Waals surface area contributed by atoms with Gasteiger partial charge in [-0.3, -0.25) is 5.10 Å². The fraction of sp³-hybridized carbons (Fsp3) is 0.778. The molecule has 6 nitrogen and oxygen atoms in total. The minimum atomic E-state index is 0.510. The molecule has 0 aliphatic carbocycles. The highest BCUT2D eigenvalue weighted by atomic mass is 16.5. The summed E-state index contributed by atoms with van der Waals surface area (Å²) in [6.45, 7) is 7.09. The van der Waals surface area contributed by atoms with Gasteiger partial charge in [0.1, 0.15) is 6.61 Å². The number of rotatable bonds is 4. The van der Waals surface area contributed by atoms with Crippen molar-refractivity contribution in [1.29, 1.82) is 0 Å². The molecule has 84 valence electrons. The van der Waals surface area contributed by atoms with Gasteiger partial charge in [-0.15, -0.1) is 5.10 Å². The molecule has 1 saturated heterocycles. The molecule has 0 unspecified atom stereocenters. The number of nitrogens with zero attached hydrogens (tertiary/aromatic N) is 3. The van der Waals surface area contributed by atoms with Crippen LogP contribution >= 0.6 is 0 Å². The van der Waals surface area contributed by atoms with Gasteiger partial charge in [-0.25, -0.2) is 0 Å². The second-order valence-corrected chi connectivity index (χ2v) is 3.46. The number of aromatic nitrogens is 3. The molecule has 2 heterocycles. The summed E-state index contributed by atoms with van der Waals surface area (Å²) in [5.41, 5.74) is 0. The normalized spacial score (nSPS) is 17.0. The molecule has 1 aromatic heterocycles. The molecular formula is C9H17N5O. The third-order valence-electron chi connectivity index (χ3n) is 2.36. The van der Waals surface area contributed by atoms with Crippen molar-refractivity contribution >= 4 is 5.95 Å². The summed E-state index contributed by atoms with van der Waals surface area (Å²) in [5.74, 6) is 1.58. The third-order valence-corrected chi connectivity index (χ3v) is 2.36. The van der Waals surface area contributed by atoms with Gasteiger partial charge in [-0.2, -0.15) is 4.98 Å². The number of hydrogen-bond acceptors (Lipinski definition) is 5. The first kappa shape index (κ1) is 10.4. The SMILES string of the molecule is CCOCc1nc(N2CCNCC2)n[nH]1. The predicted molar refractivity (Wildman–Crippen MR) is 56.8 cm³/mol. The van der Waals surface area contributed by atoms with Crippen LogP contribution in [0.1, 0.15) is 12.7 Å². The van der Waals surface area contributed by atoms with E-state index in [0.717, 1.165) is 38.0 Å². The Labute approximate surface area is 89.0 Å². The number of nitrogens with one attached hydrogen (secondary N) is 2. The Morgan fingerprint density at radius 2 is 2.20 bits per heavy atom. The highest BCUT2D eigenvalue weighted by Gasteiger charge is 2.14. The minimum Gasteiger partial charge on any atom is -0.374 e. The molecule has 1 aliphatic heterocycles. The summed E-state index contributed by atoms with van der Waals surface area (Å²) in [6.07, 6.45) is 0. The van der Waals surface area contributed by atoms with Crippen LogP contribution in [0.5, 0.6) is 0 Å². The lowest BCUT2D eigenvalue weighted by Crippen LogP contribution is -2.44. The number of aromatic amines is 1. The number of piperazine rings is 1. The molecule has 2 rings (SSSR count). The van der Waals surface area contributed by atoms with Crippen LogP contribution in [-0.4, -0.2) is 48.0 Å². The zero-order valence-electron chi connectivity index (χ0n) is 8.99. The van der Waals surface area contributed by atoms with Crippen molar-refractivity contribution in [3.63, 3.8) is 0 Å². The largest absolute Gasteiger partial charge is 0.374 e. The monoisotopic (exact) mass is 211 g/mol. The maximum atomic E-state index is 5.26. The highest BCUT2D eigenvalue weighted by Crippen LogP contribution is 2.07. The Morgan fingerprint density at radius 3 is 2.93 bits per heavy atom. The topological polar surface area (TPSA) is 66.1 Å². The number of H-pyrrole nitrogens is 1. The first-order chi connectivity index (χ1) is 7.40. The molecule has 2 N–H and O–H groups in total. The summed E-state index contributed by atoms with van der Waals surface area (Å²) >= 11 is 0. The van der Waals surface area contributed by atoms with E-state index >= 15 is 0 Å². The van der Waals surface area contributed by atoms with Crippen molar-refractivity contribution in [2.45, 2.75) is 13.5 Å². The summed E-state index contributed by atoms with van der Waals surface area (Å²) < 4.78 is 5.26. The van der Waals surface area contributed by atoms with Crippen molar-refractivity contribution in [2.24, 2.45) is 0 Å². The van der Waals surface area contributed by atoms with Gasteiger partial charge in [0.05, 0.1) is 0 Å². The van der Waals surface area contributed by atoms with Crippen molar-refractivity contribution < 1.29 is 4.74 Å². The van der Waals surface area contributed by atoms with E-state index in [1.165, 1.54) is 0 Å². The van der Waals surface area contributed by atoms with Crippen LogP contribution in [0, 0.1) is 0 Å². The molecule has 0 radical (unpaired) electrons. The Hall–Kier alpha value is -1.14. The maximum absolute atomic E-state index is 5.26. The maximum Gasteiger partial charge on any atom is 0.244 e. The van der Waals surface area contributed by atoms with Crippen LogP contribution in [0.3, 0.4) is 0 Å². The van der Waals surface area contributed by atoms with Crippen LogP contribution in [0.4, 0.5) is 5.95 Å². The molecule has 15 heavy (non-hydrogen) atoms. The molecule has 0 bridgehead atoms. The standard InChI is InChI=1S/C9H17N5O/c1-2-15-7-8-11-9(13-12-8)14-5-3-10-4-6-14/h10H,2-7H2,1H3,(H,11,12,13). The molecule has 1 aromatic rings. The molecule has 6 heteroatoms. The summed E-state index contributed by atoms with van der Waals surface area (Å²) in [5, 5.41) is 10.4. The van der Waals surface area contributed by atoms with E-state index in [2.05, 4.69) is 25.4 Å². The average molecular weight is 211 g/mol. The van der Waals surface area contributed by atoms with E-state index in [1.807, 2.05) is 6.92 Å². The van der Waals surface area contributed by atoms with Gasteiger partial charge in [0, 0.05) is 32.8 Å². The average Bonchev–Trinajstić information content (AvgIpc) is 2.76. The number of hydrogen-bond donors (Lipinski definition) is 2. The fourth-order valence-electron chi connectivity index (χ4n) is 1.55. The lowest BCUT2D eigenvalue weighted by molar-refractivity contribution is 0.128. The highest BCUT2D eigenvalue weighted by molar-refractivity contribution is 5.29. The number of anilines is 1. The second-order valence-electron chi connectivity index (χ2n) is 3.46. The van der Waals surface area contributed by atoms with Gasteiger partial charge in [0.25, 0.3) is 0 Å². The lowest BCUT2D eigenvalue weighted by Gasteiger charge is -2.25. The third kappa shape index (κ3) is 2.66. The van der Waals surface area contributed by atoms with Gasteiger partial charge in [-0.05, 0) is 6.92 Å². The van der Waals surface area contributed by atoms with Crippen LogP contribution in [0.25, 0.3) is 0 Å². The number of ether oxygens (including phenoxy) is 1. The summed E-state index contributed by atoms with van der Waals surface area (Å²) in [4.78, 5) is 6.55. The zero-order chi connectivity index (χ0) is 10.5. The van der Waals surface area contributed by atoms with Gasteiger partial charge in [0.15, 0.2) is 5.82 Å². The van der Waals surface area contributed by atoms with Gasteiger partial charge in [0.2, 0.25) is 5.95 Å². The van der Waals surface area contributed by atoms with Crippen molar-refractivity contribution in [2.75, 3.05) is 37.7 Å². The van der Waals surface area contributed by atoms with Crippen molar-refractivity contribution in [3.8, 4) is 0 Å². The van der Waals surface area contributed by atoms with E-state index in [-0.39, 0.29) is 0 Å².